The summed E-state index contributed by atoms with van der Waals surface area (Å²) in [5.41, 5.74) is 3.76. The maximum Gasteiger partial charge on any atom is 0.407 e. The lowest BCUT2D eigenvalue weighted by Gasteiger charge is -2.31. The van der Waals surface area contributed by atoms with Gasteiger partial charge in [-0.3, -0.25) is 4.90 Å². The number of carbonyl (C=O) groups excluding carboxylic acids is 2. The van der Waals surface area contributed by atoms with Crippen LogP contribution in [0.15, 0.2) is 82.3 Å². The molecule has 1 unspecified atom stereocenters. The number of benzene rings is 2. The van der Waals surface area contributed by atoms with E-state index in [2.05, 4.69) is 40.9 Å². The first-order valence-corrected chi connectivity index (χ1v) is 14.6. The normalized spacial score (nSPS) is 11.6. The molecule has 1 atom stereocenters. The van der Waals surface area contributed by atoms with Gasteiger partial charge in [0.25, 0.3) is 0 Å². The Labute approximate surface area is 262 Å². The van der Waals surface area contributed by atoms with Crippen molar-refractivity contribution in [3.63, 3.8) is 0 Å². The Hall–Kier alpha value is -5.12. The SMILES string of the molecule is Cc1cc(NC(=O)Nc2cccc(CNC(=O)OCC(OCc3ccco3)N(CCC#N)CC(C)C)c2)ccc1-c1cnco1. The van der Waals surface area contributed by atoms with Crippen molar-refractivity contribution < 1.29 is 27.9 Å². The number of carbonyl (C=O) groups is 2. The number of rotatable bonds is 15. The van der Waals surface area contributed by atoms with E-state index in [9.17, 15) is 9.59 Å². The van der Waals surface area contributed by atoms with E-state index in [0.717, 1.165) is 16.7 Å². The summed E-state index contributed by atoms with van der Waals surface area (Å²) in [6.07, 6.45) is 3.71. The van der Waals surface area contributed by atoms with Crippen LogP contribution in [-0.2, 0) is 22.6 Å². The lowest BCUT2D eigenvalue weighted by Crippen LogP contribution is -2.44. The fourth-order valence-corrected chi connectivity index (χ4v) is 4.64. The molecule has 45 heavy (non-hydrogen) atoms. The van der Waals surface area contributed by atoms with Gasteiger partial charge in [-0.25, -0.2) is 14.6 Å². The Morgan fingerprint density at radius 2 is 1.89 bits per heavy atom. The van der Waals surface area contributed by atoms with E-state index >= 15 is 0 Å². The molecule has 4 rings (SSSR count). The second kappa shape index (κ2) is 16.7. The van der Waals surface area contributed by atoms with E-state index in [4.69, 9.17) is 23.6 Å². The number of hydrogen-bond donors (Lipinski definition) is 3. The number of ether oxygens (including phenoxy) is 2. The number of nitriles is 1. The van der Waals surface area contributed by atoms with Crippen molar-refractivity contribution in [2.24, 2.45) is 5.92 Å². The molecule has 236 valence electrons. The van der Waals surface area contributed by atoms with E-state index in [1.165, 1.54) is 6.39 Å². The van der Waals surface area contributed by atoms with Crippen LogP contribution in [0, 0.1) is 24.2 Å². The number of oxazole rings is 1. The molecule has 12 nitrogen and oxygen atoms in total. The average Bonchev–Trinajstić information content (AvgIpc) is 3.74. The second-order valence-corrected chi connectivity index (χ2v) is 10.8. The zero-order valence-corrected chi connectivity index (χ0v) is 25.6. The first-order valence-electron chi connectivity index (χ1n) is 14.6. The molecule has 2 heterocycles. The lowest BCUT2D eigenvalue weighted by molar-refractivity contribution is -0.103. The van der Waals surface area contributed by atoms with Crippen molar-refractivity contribution in [1.82, 2.24) is 15.2 Å². The third kappa shape index (κ3) is 10.5. The van der Waals surface area contributed by atoms with Gasteiger partial charge in [0.2, 0.25) is 0 Å². The second-order valence-electron chi connectivity index (χ2n) is 10.8. The van der Waals surface area contributed by atoms with Gasteiger partial charge >= 0.3 is 12.1 Å². The molecule has 4 aromatic rings. The number of hydrogen-bond acceptors (Lipinski definition) is 9. The number of urea groups is 1. The van der Waals surface area contributed by atoms with Crippen LogP contribution in [-0.4, -0.2) is 47.9 Å². The predicted octanol–water partition coefficient (Wildman–Crippen LogP) is 6.53. The largest absolute Gasteiger partial charge is 0.467 e. The van der Waals surface area contributed by atoms with Gasteiger partial charge in [-0.15, -0.1) is 0 Å². The van der Waals surface area contributed by atoms with Crippen molar-refractivity contribution in [3.8, 4) is 17.4 Å². The molecule has 3 N–H and O–H groups in total. The molecule has 0 saturated carbocycles. The minimum absolute atomic E-state index is 0.0364. The monoisotopic (exact) mass is 614 g/mol. The molecular formula is C33H38N6O6. The summed E-state index contributed by atoms with van der Waals surface area (Å²) in [5.74, 6) is 1.61. The van der Waals surface area contributed by atoms with Crippen molar-refractivity contribution in [2.45, 2.75) is 46.6 Å². The van der Waals surface area contributed by atoms with Crippen molar-refractivity contribution in [1.29, 1.82) is 5.26 Å². The van der Waals surface area contributed by atoms with Gasteiger partial charge in [0.05, 0.1) is 18.5 Å². The summed E-state index contributed by atoms with van der Waals surface area (Å²) in [6, 6.07) is 18.0. The number of alkyl carbamates (subject to hydrolysis) is 1. The van der Waals surface area contributed by atoms with E-state index in [1.807, 2.05) is 30.0 Å². The van der Waals surface area contributed by atoms with E-state index < -0.39 is 18.4 Å². The van der Waals surface area contributed by atoms with Crippen molar-refractivity contribution in [3.05, 3.63) is 90.3 Å². The van der Waals surface area contributed by atoms with Gasteiger partial charge in [-0.2, -0.15) is 5.26 Å². The Morgan fingerprint density at radius 1 is 1.07 bits per heavy atom. The number of anilines is 2. The molecule has 0 radical (unpaired) electrons. The Balaban J connectivity index is 1.28. The maximum absolute atomic E-state index is 12.7. The fraction of sp³-hybridized carbons (Fsp3) is 0.333. The minimum Gasteiger partial charge on any atom is -0.467 e. The van der Waals surface area contributed by atoms with Crippen LogP contribution in [0.4, 0.5) is 21.0 Å². The van der Waals surface area contributed by atoms with Crippen molar-refractivity contribution in [2.75, 3.05) is 30.3 Å². The molecule has 12 heteroatoms. The van der Waals surface area contributed by atoms with Crippen LogP contribution in [0.5, 0.6) is 0 Å². The van der Waals surface area contributed by atoms with E-state index in [0.29, 0.717) is 48.3 Å². The quantitative estimate of drug-likeness (QED) is 0.127. The van der Waals surface area contributed by atoms with Gasteiger partial charge in [0, 0.05) is 43.0 Å². The van der Waals surface area contributed by atoms with Gasteiger partial charge < -0.3 is 34.3 Å². The molecule has 0 fully saturated rings. The van der Waals surface area contributed by atoms with Gasteiger partial charge in [-0.1, -0.05) is 26.0 Å². The van der Waals surface area contributed by atoms with Crippen LogP contribution < -0.4 is 16.0 Å². The number of amides is 3. The highest BCUT2D eigenvalue weighted by Gasteiger charge is 2.22. The summed E-state index contributed by atoms with van der Waals surface area (Å²) in [6.45, 7) is 7.55. The standard InChI is InChI=1S/C33H38N6O6/c1-23(2)19-39(13-6-12-34)31(43-20-28-9-5-14-42-28)21-44-33(41)36-17-25-7-4-8-26(16-25)37-32(40)38-27-10-11-29(24(3)15-27)30-18-35-22-45-30/h4-5,7-11,14-16,18,22-23,31H,6,13,17,19-21H2,1-3H3,(H,36,41)(H2,37,38,40). The molecule has 2 aromatic carbocycles. The summed E-state index contributed by atoms with van der Waals surface area (Å²) < 4.78 is 22.3. The molecule has 0 aliphatic heterocycles. The third-order valence-electron chi connectivity index (χ3n) is 6.68. The van der Waals surface area contributed by atoms with Crippen LogP contribution in [0.2, 0.25) is 0 Å². The fourth-order valence-electron chi connectivity index (χ4n) is 4.64. The highest BCUT2D eigenvalue weighted by atomic mass is 16.6. The number of aryl methyl sites for hydroxylation is 1. The summed E-state index contributed by atoms with van der Waals surface area (Å²) >= 11 is 0. The number of nitrogens with one attached hydrogen (secondary N) is 3. The first kappa shape index (κ1) is 32.8. The molecule has 0 spiro atoms. The van der Waals surface area contributed by atoms with E-state index in [1.54, 1.807) is 48.9 Å². The Morgan fingerprint density at radius 3 is 2.58 bits per heavy atom. The Bertz CT molecular complexity index is 1550. The third-order valence-corrected chi connectivity index (χ3v) is 6.68. The summed E-state index contributed by atoms with van der Waals surface area (Å²) in [4.78, 5) is 31.2. The van der Waals surface area contributed by atoms with Crippen molar-refractivity contribution >= 4 is 23.5 Å². The van der Waals surface area contributed by atoms with Gasteiger partial charge in [0.1, 0.15) is 25.2 Å². The molecule has 0 aliphatic carbocycles. The molecular weight excluding hydrogens is 576 g/mol. The van der Waals surface area contributed by atoms with Crippen LogP contribution in [0.3, 0.4) is 0 Å². The summed E-state index contributed by atoms with van der Waals surface area (Å²) in [7, 11) is 0. The average molecular weight is 615 g/mol. The minimum atomic E-state index is -0.619. The lowest BCUT2D eigenvalue weighted by atomic mass is 10.1. The molecule has 2 aromatic heterocycles. The van der Waals surface area contributed by atoms with E-state index in [-0.39, 0.29) is 19.8 Å². The molecule has 0 bridgehead atoms. The van der Waals surface area contributed by atoms with Gasteiger partial charge in [-0.05, 0) is 66.4 Å². The van der Waals surface area contributed by atoms with Crippen LogP contribution in [0.1, 0.15) is 37.2 Å². The van der Waals surface area contributed by atoms with Crippen LogP contribution in [0.25, 0.3) is 11.3 Å². The smallest absolute Gasteiger partial charge is 0.407 e. The van der Waals surface area contributed by atoms with Crippen LogP contribution >= 0.6 is 0 Å². The zero-order chi connectivity index (χ0) is 32.0. The highest BCUT2D eigenvalue weighted by molar-refractivity contribution is 6.00. The molecule has 0 saturated heterocycles. The molecule has 0 aliphatic rings. The number of aromatic nitrogens is 1. The number of furan rings is 1. The number of nitrogens with zero attached hydrogens (tertiary/aromatic N) is 3. The molecule has 3 amide bonds. The predicted molar refractivity (Wildman–Crippen MR) is 168 cm³/mol. The highest BCUT2D eigenvalue weighted by Crippen LogP contribution is 2.25. The maximum atomic E-state index is 12.7. The Kier molecular flexibility index (Phi) is 12.1. The van der Waals surface area contributed by atoms with Gasteiger partial charge in [0.15, 0.2) is 12.2 Å². The first-order chi connectivity index (χ1) is 21.8. The zero-order valence-electron chi connectivity index (χ0n) is 25.6. The topological polar surface area (TPSA) is 155 Å². The summed E-state index contributed by atoms with van der Waals surface area (Å²) in [5, 5.41) is 17.5.